The first-order chi connectivity index (χ1) is 19.9. The minimum absolute atomic E-state index is 0.0174. The van der Waals surface area contributed by atoms with Gasteiger partial charge in [0.05, 0.1) is 21.6 Å². The largest absolute Gasteiger partial charge is 0.454 e. The molecule has 0 spiro atoms. The first-order valence-electron chi connectivity index (χ1n) is 14.4. The van der Waals surface area contributed by atoms with Crippen molar-refractivity contribution in [3.8, 4) is 11.5 Å². The van der Waals surface area contributed by atoms with E-state index in [0.29, 0.717) is 26.7 Å². The first kappa shape index (κ1) is 29.9. The molecule has 3 atom stereocenters. The molecule has 2 fully saturated rings. The maximum Gasteiger partial charge on any atom is 0.236 e. The minimum atomic E-state index is -2.02. The molecule has 7 nitrogen and oxygen atoms in total. The molecule has 3 aliphatic rings. The summed E-state index contributed by atoms with van der Waals surface area (Å²) < 4.78 is 18.0. The van der Waals surface area contributed by atoms with Crippen LogP contribution in [0.4, 0.5) is 5.13 Å². The van der Waals surface area contributed by atoms with E-state index in [1.807, 2.05) is 42.6 Å². The van der Waals surface area contributed by atoms with Crippen molar-refractivity contribution in [2.45, 2.75) is 81.6 Å². The third-order valence-electron chi connectivity index (χ3n) is 9.28. The molecule has 224 valence electrons. The third kappa shape index (κ3) is 5.60. The van der Waals surface area contributed by atoms with Gasteiger partial charge in [-0.15, -0.1) is 11.3 Å². The van der Waals surface area contributed by atoms with Crippen LogP contribution >= 0.6 is 34.5 Å². The fraction of sp³-hybridized carbons (Fsp3) is 0.484. The molecular formula is C31H37Cl2N3O4SSi. The summed E-state index contributed by atoms with van der Waals surface area (Å²) in [5.74, 6) is 1.27. The number of nitrogens with zero attached hydrogens (tertiary/aromatic N) is 1. The van der Waals surface area contributed by atoms with Crippen molar-refractivity contribution >= 4 is 53.9 Å². The maximum absolute atomic E-state index is 13.6. The van der Waals surface area contributed by atoms with E-state index in [2.05, 4.69) is 49.5 Å². The summed E-state index contributed by atoms with van der Waals surface area (Å²) >= 11 is 14.3. The highest BCUT2D eigenvalue weighted by Crippen LogP contribution is 2.51. The number of amides is 1. The second-order valence-corrected chi connectivity index (χ2v) is 19.6. The van der Waals surface area contributed by atoms with Crippen molar-refractivity contribution in [1.29, 1.82) is 0 Å². The molecule has 2 N–H and O–H groups in total. The maximum atomic E-state index is 13.6. The highest BCUT2D eigenvalue weighted by molar-refractivity contribution is 7.15. The predicted octanol–water partition coefficient (Wildman–Crippen LogP) is 7.73. The Morgan fingerprint density at radius 2 is 1.90 bits per heavy atom. The predicted molar refractivity (Wildman–Crippen MR) is 171 cm³/mol. The van der Waals surface area contributed by atoms with Crippen LogP contribution in [0.15, 0.2) is 42.6 Å². The summed E-state index contributed by atoms with van der Waals surface area (Å²) in [6.07, 6.45) is 4.39. The van der Waals surface area contributed by atoms with E-state index in [4.69, 9.17) is 37.1 Å². The Morgan fingerprint density at radius 3 is 2.62 bits per heavy atom. The molecule has 42 heavy (non-hydrogen) atoms. The fourth-order valence-electron chi connectivity index (χ4n) is 5.65. The van der Waals surface area contributed by atoms with Crippen molar-refractivity contribution in [2.24, 2.45) is 0 Å². The van der Waals surface area contributed by atoms with E-state index in [0.717, 1.165) is 41.8 Å². The van der Waals surface area contributed by atoms with Gasteiger partial charge in [-0.1, -0.05) is 56.1 Å². The van der Waals surface area contributed by atoms with Crippen LogP contribution in [0.2, 0.25) is 28.2 Å². The van der Waals surface area contributed by atoms with E-state index in [1.54, 1.807) is 0 Å². The number of fused-ring (bicyclic) bond motifs is 1. The highest BCUT2D eigenvalue weighted by Gasteiger charge is 2.52. The fourth-order valence-corrected chi connectivity index (χ4v) is 8.32. The van der Waals surface area contributed by atoms with Crippen LogP contribution in [0.1, 0.15) is 62.0 Å². The summed E-state index contributed by atoms with van der Waals surface area (Å²) in [5.41, 5.74) is 1.40. The Balaban J connectivity index is 1.27. The van der Waals surface area contributed by atoms with Gasteiger partial charge in [0, 0.05) is 23.0 Å². The number of thiazole rings is 1. The lowest BCUT2D eigenvalue weighted by molar-refractivity contribution is -0.118. The molecule has 1 aromatic heterocycles. The summed E-state index contributed by atoms with van der Waals surface area (Å²) in [6.45, 7) is 12.5. The molecule has 2 unspecified atom stereocenters. The molecule has 6 rings (SSSR count). The van der Waals surface area contributed by atoms with E-state index in [9.17, 15) is 4.79 Å². The van der Waals surface area contributed by atoms with Crippen molar-refractivity contribution in [3.63, 3.8) is 0 Å². The number of aromatic nitrogens is 1. The van der Waals surface area contributed by atoms with Gasteiger partial charge in [-0.25, -0.2) is 4.98 Å². The van der Waals surface area contributed by atoms with Gasteiger partial charge in [0.15, 0.2) is 24.9 Å². The van der Waals surface area contributed by atoms with Crippen LogP contribution < -0.4 is 20.1 Å². The monoisotopic (exact) mass is 645 g/mol. The Morgan fingerprint density at radius 1 is 1.14 bits per heavy atom. The summed E-state index contributed by atoms with van der Waals surface area (Å²) in [6, 6.07) is 11.6. The number of anilines is 1. The number of benzene rings is 2. The average molecular weight is 647 g/mol. The lowest BCUT2D eigenvalue weighted by Crippen LogP contribution is -2.48. The van der Waals surface area contributed by atoms with Crippen LogP contribution in [0.5, 0.6) is 11.5 Å². The van der Waals surface area contributed by atoms with Crippen LogP contribution in [-0.4, -0.2) is 44.7 Å². The highest BCUT2D eigenvalue weighted by atomic mass is 35.5. The van der Waals surface area contributed by atoms with Gasteiger partial charge < -0.3 is 24.5 Å². The van der Waals surface area contributed by atoms with E-state index >= 15 is 0 Å². The van der Waals surface area contributed by atoms with Crippen molar-refractivity contribution < 1.29 is 18.7 Å². The van der Waals surface area contributed by atoms with Gasteiger partial charge in [-0.05, 0) is 79.3 Å². The lowest BCUT2D eigenvalue weighted by Gasteiger charge is -2.41. The van der Waals surface area contributed by atoms with Gasteiger partial charge >= 0.3 is 0 Å². The number of hydrogen-bond donors (Lipinski definition) is 2. The van der Waals surface area contributed by atoms with Gasteiger partial charge in [0.2, 0.25) is 12.7 Å². The summed E-state index contributed by atoms with van der Waals surface area (Å²) in [7, 11) is -2.02. The quantitative estimate of drug-likeness (QED) is 0.244. The molecule has 1 saturated carbocycles. The molecule has 0 bridgehead atoms. The Kier molecular flexibility index (Phi) is 7.90. The second kappa shape index (κ2) is 11.1. The number of nitrogens with one attached hydrogen (secondary N) is 2. The zero-order valence-corrected chi connectivity index (χ0v) is 27.9. The third-order valence-corrected chi connectivity index (χ3v) is 15.5. The number of rotatable bonds is 8. The molecule has 1 aliphatic carbocycles. The molecule has 1 saturated heterocycles. The van der Waals surface area contributed by atoms with Crippen molar-refractivity contribution in [1.82, 2.24) is 10.3 Å². The smallest absolute Gasteiger partial charge is 0.236 e. The average Bonchev–Trinajstić information content (AvgIpc) is 3.22. The Labute approximate surface area is 262 Å². The number of carbonyl (C=O) groups excluding carboxylic acids is 1. The molecule has 2 aromatic carbocycles. The zero-order valence-electron chi connectivity index (χ0n) is 24.6. The topological polar surface area (TPSA) is 81.7 Å². The van der Waals surface area contributed by atoms with E-state index in [1.165, 1.54) is 11.3 Å². The zero-order chi connectivity index (χ0) is 29.9. The van der Waals surface area contributed by atoms with Gasteiger partial charge in [-0.3, -0.25) is 4.79 Å². The SMILES string of the molecule is CC(C)(C)[Si](C)(C)OC1CCN[C@@H]1C(c1ccc(Cl)c(Cl)c1)c1cnc(NC(=O)C2(c3ccc4c(c3)OCO4)CC2)s1. The Bertz CT molecular complexity index is 1500. The number of ether oxygens (including phenoxy) is 2. The van der Waals surface area contributed by atoms with Crippen molar-refractivity contribution in [3.05, 3.63) is 68.6 Å². The van der Waals surface area contributed by atoms with Crippen molar-refractivity contribution in [2.75, 3.05) is 18.7 Å². The van der Waals surface area contributed by atoms with Gasteiger partial charge in [0.1, 0.15) is 0 Å². The Hall–Kier alpha value is -2.14. The number of halogens is 2. The molecule has 11 heteroatoms. The standard InChI is InChI=1S/C31H37Cl2N3O4SSi/c1-30(2,3)42(4,5)40-23-10-13-34-27(23)26(18-6-8-20(32)21(33)14-18)25-16-35-29(41-25)36-28(37)31(11-12-31)19-7-9-22-24(15-19)39-17-38-22/h6-9,14-16,23,26-27,34H,10-13,17H2,1-5H3,(H,35,36,37)/t23?,26?,27-/m0/s1. The van der Waals surface area contributed by atoms with Crippen LogP contribution in [0.25, 0.3) is 0 Å². The molecular weight excluding hydrogens is 609 g/mol. The summed E-state index contributed by atoms with van der Waals surface area (Å²) in [5, 5.41) is 8.55. The normalized spacial score (nSPS) is 21.8. The minimum Gasteiger partial charge on any atom is -0.454 e. The second-order valence-electron chi connectivity index (χ2n) is 13.0. The molecule has 1 amide bonds. The number of carbonyl (C=O) groups is 1. The first-order valence-corrected chi connectivity index (χ1v) is 18.9. The van der Waals surface area contributed by atoms with Crippen LogP contribution in [-0.2, 0) is 14.6 Å². The van der Waals surface area contributed by atoms with E-state index in [-0.39, 0.29) is 35.8 Å². The van der Waals surface area contributed by atoms with Gasteiger partial charge in [-0.2, -0.15) is 0 Å². The van der Waals surface area contributed by atoms with Crippen LogP contribution in [0, 0.1) is 0 Å². The summed E-state index contributed by atoms with van der Waals surface area (Å²) in [4.78, 5) is 19.3. The molecule has 3 heterocycles. The van der Waals surface area contributed by atoms with Crippen LogP contribution in [0.3, 0.4) is 0 Å². The molecule has 0 radical (unpaired) electrons. The number of hydrogen-bond acceptors (Lipinski definition) is 7. The lowest BCUT2D eigenvalue weighted by atomic mass is 9.88. The molecule has 2 aliphatic heterocycles. The van der Waals surface area contributed by atoms with E-state index < -0.39 is 13.7 Å². The van der Waals surface area contributed by atoms with Gasteiger partial charge in [0.25, 0.3) is 0 Å². The molecule has 3 aromatic rings.